The minimum absolute atomic E-state index is 0.0235. The number of fused-ring (bicyclic) bond motifs is 1. The molecule has 3 rings (SSSR count). The lowest BCUT2D eigenvalue weighted by atomic mass is 10.1. The normalized spacial score (nSPS) is 16.1. The molecule has 9 nitrogen and oxygen atoms in total. The Morgan fingerprint density at radius 2 is 1.87 bits per heavy atom. The average Bonchev–Trinajstić information content (AvgIpc) is 2.79. The Morgan fingerprint density at radius 3 is 2.47 bits per heavy atom. The van der Waals surface area contributed by atoms with E-state index in [0.29, 0.717) is 13.8 Å². The number of nitrogens with one attached hydrogen (secondary N) is 1. The van der Waals surface area contributed by atoms with Gasteiger partial charge in [0.1, 0.15) is 11.9 Å². The number of amides is 1. The number of anilines is 2. The minimum Gasteiger partial charge on any atom is -0.482 e. The first-order valence-corrected chi connectivity index (χ1v) is 12.9. The molecule has 0 fully saturated rings. The molecule has 2 N–H and O–H groups in total. The van der Waals surface area contributed by atoms with Crippen LogP contribution in [0.5, 0.6) is 5.75 Å². The lowest BCUT2D eigenvalue weighted by molar-refractivity contribution is -0.242. The van der Waals surface area contributed by atoms with E-state index in [1.54, 1.807) is 0 Å². The van der Waals surface area contributed by atoms with Crippen molar-refractivity contribution in [3.63, 3.8) is 0 Å². The first kappa shape index (κ1) is 29.4. The zero-order valence-corrected chi connectivity index (χ0v) is 22.1. The first-order chi connectivity index (χ1) is 17.5. The van der Waals surface area contributed by atoms with Crippen molar-refractivity contribution in [3.8, 4) is 5.75 Å². The van der Waals surface area contributed by atoms with Crippen LogP contribution in [0, 0.1) is 0 Å². The highest BCUT2D eigenvalue weighted by molar-refractivity contribution is 7.92. The van der Waals surface area contributed by atoms with E-state index < -0.39 is 40.0 Å². The van der Waals surface area contributed by atoms with E-state index in [4.69, 9.17) is 33.0 Å². The van der Waals surface area contributed by atoms with E-state index >= 15 is 0 Å². The maximum atomic E-state index is 13.6. The van der Waals surface area contributed by atoms with Crippen LogP contribution in [0.4, 0.5) is 29.3 Å². The second-order valence-electron chi connectivity index (χ2n) is 8.50. The monoisotopic (exact) mass is 596 g/mol. The number of carboxylic acid groups (broad SMARTS) is 1. The van der Waals surface area contributed by atoms with Crippen LogP contribution < -0.4 is 14.4 Å². The smallest absolute Gasteiger partial charge is 0.427 e. The molecule has 1 unspecified atom stereocenters. The zero-order valence-electron chi connectivity index (χ0n) is 19.8. The highest BCUT2D eigenvalue weighted by Crippen LogP contribution is 2.40. The van der Waals surface area contributed by atoms with E-state index in [-0.39, 0.29) is 45.0 Å². The second-order valence-corrected chi connectivity index (χ2v) is 11.2. The predicted molar refractivity (Wildman–Crippen MR) is 133 cm³/mol. The molecule has 1 aliphatic heterocycles. The summed E-state index contributed by atoms with van der Waals surface area (Å²) in [6, 6.07) is 7.42. The van der Waals surface area contributed by atoms with Gasteiger partial charge in [-0.2, -0.15) is 13.2 Å². The summed E-state index contributed by atoms with van der Waals surface area (Å²) in [5, 5.41) is 11.1. The van der Waals surface area contributed by atoms with Crippen molar-refractivity contribution in [1.82, 2.24) is 0 Å². The molecule has 2 aromatic rings. The Bertz CT molecular complexity index is 1380. The first-order valence-electron chi connectivity index (χ1n) is 10.7. The van der Waals surface area contributed by atoms with E-state index in [9.17, 15) is 31.2 Å². The number of rotatable bonds is 7. The van der Waals surface area contributed by atoms with Gasteiger partial charge in [-0.05, 0) is 56.3 Å². The number of carboxylic acids is 1. The lowest BCUT2D eigenvalue weighted by Crippen LogP contribution is -2.44. The molecule has 1 heterocycles. The third-order valence-corrected chi connectivity index (χ3v) is 7.77. The van der Waals surface area contributed by atoms with Gasteiger partial charge in [0.15, 0.2) is 0 Å². The fraction of sp³-hybridized carbons (Fsp3) is 0.304. The quantitative estimate of drug-likeness (QED) is 0.383. The van der Waals surface area contributed by atoms with Crippen LogP contribution in [0.2, 0.25) is 10.0 Å². The molecule has 206 valence electrons. The molecule has 1 aliphatic rings. The topological polar surface area (TPSA) is 122 Å². The molecule has 1 atom stereocenters. The molecule has 1 amide bonds. The number of nitrogens with zero attached hydrogens (tertiary/aromatic N) is 1. The van der Waals surface area contributed by atoms with Gasteiger partial charge in [-0.3, -0.25) is 14.4 Å². The summed E-state index contributed by atoms with van der Waals surface area (Å²) in [4.78, 5) is 22.8. The summed E-state index contributed by atoms with van der Waals surface area (Å²) < 4.78 is 77.6. The van der Waals surface area contributed by atoms with Crippen molar-refractivity contribution in [2.75, 3.05) is 16.2 Å². The third-order valence-electron chi connectivity index (χ3n) is 5.25. The van der Waals surface area contributed by atoms with E-state index in [2.05, 4.69) is 10.1 Å². The van der Waals surface area contributed by atoms with Crippen LogP contribution in [0.3, 0.4) is 0 Å². The molecule has 0 saturated carbocycles. The van der Waals surface area contributed by atoms with Crippen LogP contribution in [-0.4, -0.2) is 50.0 Å². The maximum absolute atomic E-state index is 13.6. The number of halogens is 5. The van der Waals surface area contributed by atoms with Crippen molar-refractivity contribution in [2.24, 2.45) is 0 Å². The Labute approximate surface area is 225 Å². The largest absolute Gasteiger partial charge is 0.482 e. The lowest BCUT2D eigenvalue weighted by Gasteiger charge is -2.35. The van der Waals surface area contributed by atoms with Gasteiger partial charge in [-0.1, -0.05) is 29.3 Å². The SMILES string of the molecule is CC(C)(OC(=O)Nc1ccc2c(c1)N(S(=O)(=O)c1ccc(Cl)c(Cl)c1)CC(/C=C/CC(=O)O)O2)C(F)(F)F. The van der Waals surface area contributed by atoms with Crippen LogP contribution >= 0.6 is 23.2 Å². The van der Waals surface area contributed by atoms with Crippen molar-refractivity contribution < 1.29 is 45.8 Å². The molecule has 2 aromatic carbocycles. The van der Waals surface area contributed by atoms with E-state index in [0.717, 1.165) is 10.4 Å². The summed E-state index contributed by atoms with van der Waals surface area (Å²) in [5.74, 6) is -1.06. The number of aliphatic carboxylic acids is 1. The molecule has 15 heteroatoms. The summed E-state index contributed by atoms with van der Waals surface area (Å²) in [5.41, 5.74) is -2.91. The highest BCUT2D eigenvalue weighted by atomic mass is 35.5. The fourth-order valence-corrected chi connectivity index (χ4v) is 5.07. The Balaban J connectivity index is 1.99. The van der Waals surface area contributed by atoms with Crippen LogP contribution in [0.1, 0.15) is 20.3 Å². The molecule has 0 aromatic heterocycles. The highest BCUT2D eigenvalue weighted by Gasteiger charge is 2.51. The maximum Gasteiger partial charge on any atom is 0.427 e. The van der Waals surface area contributed by atoms with Crippen LogP contribution in [-0.2, 0) is 19.6 Å². The van der Waals surface area contributed by atoms with E-state index in [1.807, 2.05) is 0 Å². The Morgan fingerprint density at radius 1 is 1.18 bits per heavy atom. The van der Waals surface area contributed by atoms with Gasteiger partial charge >= 0.3 is 18.2 Å². The molecule has 0 radical (unpaired) electrons. The van der Waals surface area contributed by atoms with Gasteiger partial charge in [0.2, 0.25) is 5.60 Å². The number of sulfonamides is 1. The Kier molecular flexibility index (Phi) is 8.44. The zero-order chi connectivity index (χ0) is 28.5. The summed E-state index contributed by atoms with van der Waals surface area (Å²) in [6.07, 6.45) is -4.78. The molecular weight excluding hydrogens is 576 g/mol. The molecular formula is C23H21Cl2F3N2O7S. The predicted octanol–water partition coefficient (Wildman–Crippen LogP) is 5.87. The number of carbonyl (C=O) groups is 2. The average molecular weight is 597 g/mol. The number of hydrogen-bond donors (Lipinski definition) is 2. The van der Waals surface area contributed by atoms with Gasteiger partial charge in [-0.15, -0.1) is 0 Å². The van der Waals surface area contributed by atoms with Crippen molar-refractivity contribution >= 4 is 56.7 Å². The number of ether oxygens (including phenoxy) is 2. The van der Waals surface area contributed by atoms with Gasteiger partial charge < -0.3 is 14.6 Å². The van der Waals surface area contributed by atoms with Crippen molar-refractivity contribution in [3.05, 3.63) is 58.6 Å². The molecule has 38 heavy (non-hydrogen) atoms. The Hall–Kier alpha value is -3.16. The summed E-state index contributed by atoms with van der Waals surface area (Å²) in [7, 11) is -4.32. The third kappa shape index (κ3) is 6.63. The van der Waals surface area contributed by atoms with Gasteiger partial charge in [0, 0.05) is 5.69 Å². The van der Waals surface area contributed by atoms with Gasteiger partial charge in [-0.25, -0.2) is 13.2 Å². The standard InChI is InChI=1S/C23H21Cl2F3N2O7S/c1-22(2,23(26,27)28)37-21(33)29-13-6-9-19-18(10-13)30(12-14(36-19)4-3-5-20(31)32)38(34,35)15-7-8-16(24)17(25)11-15/h3-4,6-11,14H,5,12H2,1-2H3,(H,29,33)(H,31,32)/b4-3+. The molecule has 0 saturated heterocycles. The minimum atomic E-state index is -4.83. The molecule has 0 aliphatic carbocycles. The van der Waals surface area contributed by atoms with E-state index in [1.165, 1.54) is 42.5 Å². The number of carbonyl (C=O) groups excluding carboxylic acids is 1. The fourth-order valence-electron chi connectivity index (χ4n) is 3.20. The molecule has 0 spiro atoms. The molecule has 0 bridgehead atoms. The number of alkyl halides is 3. The van der Waals surface area contributed by atoms with Crippen molar-refractivity contribution in [1.29, 1.82) is 0 Å². The summed E-state index contributed by atoms with van der Waals surface area (Å²) >= 11 is 11.9. The number of hydrogen-bond acceptors (Lipinski definition) is 6. The van der Waals surface area contributed by atoms with Crippen LogP contribution in [0.25, 0.3) is 0 Å². The summed E-state index contributed by atoms with van der Waals surface area (Å²) in [6.45, 7) is 1.05. The second kappa shape index (κ2) is 10.9. The van der Waals surface area contributed by atoms with Gasteiger partial charge in [0.05, 0.1) is 33.6 Å². The number of benzene rings is 2. The van der Waals surface area contributed by atoms with Gasteiger partial charge in [0.25, 0.3) is 10.0 Å². The van der Waals surface area contributed by atoms with Crippen LogP contribution in [0.15, 0.2) is 53.4 Å². The van der Waals surface area contributed by atoms with Crippen molar-refractivity contribution in [2.45, 2.75) is 43.0 Å².